The van der Waals surface area contributed by atoms with Crippen LogP contribution >= 0.6 is 0 Å². The maximum Gasteiger partial charge on any atom is 0.242 e. The third-order valence-corrected chi connectivity index (χ3v) is 6.55. The third kappa shape index (κ3) is 8.54. The number of nitrogens with one attached hydrogen (secondary N) is 1. The van der Waals surface area contributed by atoms with E-state index in [-0.39, 0.29) is 43.8 Å². The second-order valence-electron chi connectivity index (χ2n) is 8.63. The fourth-order valence-electron chi connectivity index (χ4n) is 3.54. The molecule has 0 saturated heterocycles. The van der Waals surface area contributed by atoms with Crippen molar-refractivity contribution in [3.63, 3.8) is 0 Å². The molecule has 1 N–H and O–H groups in total. The average Bonchev–Trinajstić information content (AvgIpc) is 2.79. The van der Waals surface area contributed by atoms with Crippen LogP contribution in [0.5, 0.6) is 5.75 Å². The zero-order chi connectivity index (χ0) is 26.2. The predicted molar refractivity (Wildman–Crippen MR) is 134 cm³/mol. The first kappa shape index (κ1) is 28.1. The highest BCUT2D eigenvalue weighted by molar-refractivity contribution is 7.92. The molecule has 8 nitrogen and oxygen atoms in total. The largest absolute Gasteiger partial charge is 0.497 e. The SMILES string of the molecule is COc1cccc(N(CCCC(=O)N(Cc2ccc(F)cc2)C(C)C(=O)NC(C)C)S(C)(=O)=O)c1. The molecule has 0 aromatic heterocycles. The summed E-state index contributed by atoms with van der Waals surface area (Å²) in [6.07, 6.45) is 1.37. The van der Waals surface area contributed by atoms with Crippen LogP contribution in [0.2, 0.25) is 0 Å². The number of benzene rings is 2. The minimum atomic E-state index is -3.60. The van der Waals surface area contributed by atoms with Crippen molar-refractivity contribution in [1.29, 1.82) is 0 Å². The summed E-state index contributed by atoms with van der Waals surface area (Å²) < 4.78 is 44.6. The minimum absolute atomic E-state index is 0.0243. The minimum Gasteiger partial charge on any atom is -0.497 e. The van der Waals surface area contributed by atoms with Crippen molar-refractivity contribution >= 4 is 27.5 Å². The Hall–Kier alpha value is -3.14. The van der Waals surface area contributed by atoms with Crippen molar-refractivity contribution in [3.8, 4) is 5.75 Å². The summed E-state index contributed by atoms with van der Waals surface area (Å²) in [4.78, 5) is 27.3. The summed E-state index contributed by atoms with van der Waals surface area (Å²) >= 11 is 0. The van der Waals surface area contributed by atoms with Gasteiger partial charge in [-0.2, -0.15) is 0 Å². The Morgan fingerprint density at radius 3 is 2.31 bits per heavy atom. The third-order valence-electron chi connectivity index (χ3n) is 5.36. The predicted octanol–water partition coefficient (Wildman–Crippen LogP) is 3.32. The first-order chi connectivity index (χ1) is 16.4. The van der Waals surface area contributed by atoms with Gasteiger partial charge in [0.25, 0.3) is 0 Å². The normalized spacial score (nSPS) is 12.2. The zero-order valence-corrected chi connectivity index (χ0v) is 21.6. The topological polar surface area (TPSA) is 96.0 Å². The van der Waals surface area contributed by atoms with Gasteiger partial charge in [0.2, 0.25) is 21.8 Å². The van der Waals surface area contributed by atoms with E-state index in [9.17, 15) is 22.4 Å². The first-order valence-electron chi connectivity index (χ1n) is 11.4. The fourth-order valence-corrected chi connectivity index (χ4v) is 4.50. The summed E-state index contributed by atoms with van der Waals surface area (Å²) in [5.41, 5.74) is 1.12. The number of sulfonamides is 1. The quantitative estimate of drug-likeness (QED) is 0.476. The average molecular weight is 508 g/mol. The van der Waals surface area contributed by atoms with Crippen LogP contribution in [0.15, 0.2) is 48.5 Å². The smallest absolute Gasteiger partial charge is 0.242 e. The molecule has 0 fully saturated rings. The fraction of sp³-hybridized carbons (Fsp3) is 0.440. The van der Waals surface area contributed by atoms with Crippen LogP contribution in [0.25, 0.3) is 0 Å². The van der Waals surface area contributed by atoms with E-state index in [0.29, 0.717) is 17.0 Å². The van der Waals surface area contributed by atoms with Gasteiger partial charge in [0.15, 0.2) is 0 Å². The van der Waals surface area contributed by atoms with Crippen LogP contribution in [0.4, 0.5) is 10.1 Å². The molecule has 1 atom stereocenters. The van der Waals surface area contributed by atoms with Gasteiger partial charge in [0.05, 0.1) is 19.1 Å². The Kier molecular flexibility index (Phi) is 10.1. The van der Waals surface area contributed by atoms with Crippen LogP contribution in [-0.4, -0.2) is 57.1 Å². The second kappa shape index (κ2) is 12.5. The highest BCUT2D eigenvalue weighted by Gasteiger charge is 2.27. The second-order valence-corrected chi connectivity index (χ2v) is 10.5. The van der Waals surface area contributed by atoms with Crippen LogP contribution in [-0.2, 0) is 26.2 Å². The van der Waals surface area contributed by atoms with Crippen molar-refractivity contribution in [2.45, 2.75) is 52.2 Å². The molecule has 0 aliphatic carbocycles. The molecule has 0 spiro atoms. The maximum atomic E-state index is 13.3. The number of rotatable bonds is 12. The van der Waals surface area contributed by atoms with Gasteiger partial charge < -0.3 is 15.0 Å². The van der Waals surface area contributed by atoms with Crippen LogP contribution in [0.1, 0.15) is 39.2 Å². The summed E-state index contributed by atoms with van der Waals surface area (Å²) in [6.45, 7) is 5.49. The number of hydrogen-bond donors (Lipinski definition) is 1. The Labute approximate surface area is 207 Å². The Balaban J connectivity index is 2.17. The molecule has 0 saturated carbocycles. The van der Waals surface area contributed by atoms with Crippen LogP contribution in [0.3, 0.4) is 0 Å². The van der Waals surface area contributed by atoms with Crippen molar-refractivity contribution < 1.29 is 27.1 Å². The molecule has 2 amide bonds. The number of carbonyl (C=O) groups is 2. The Morgan fingerprint density at radius 1 is 1.09 bits per heavy atom. The van der Waals surface area contributed by atoms with Gasteiger partial charge in [-0.3, -0.25) is 13.9 Å². The molecule has 35 heavy (non-hydrogen) atoms. The van der Waals surface area contributed by atoms with Gasteiger partial charge in [-0.15, -0.1) is 0 Å². The van der Waals surface area contributed by atoms with Gasteiger partial charge in [-0.1, -0.05) is 18.2 Å². The summed E-state index contributed by atoms with van der Waals surface area (Å²) in [6, 6.07) is 11.5. The summed E-state index contributed by atoms with van der Waals surface area (Å²) in [7, 11) is -2.11. The van der Waals surface area contributed by atoms with Crippen molar-refractivity contribution in [1.82, 2.24) is 10.2 Å². The molecule has 0 aliphatic rings. The number of carbonyl (C=O) groups excluding carboxylic acids is 2. The van der Waals surface area contributed by atoms with E-state index in [2.05, 4.69) is 5.32 Å². The summed E-state index contributed by atoms with van der Waals surface area (Å²) in [5, 5.41) is 2.81. The Morgan fingerprint density at radius 2 is 1.74 bits per heavy atom. The standard InChI is InChI=1S/C25H34FN3O5S/c1-18(2)27-25(31)19(3)28(17-20-11-13-21(26)14-12-20)24(30)10-7-15-29(35(5,32)33)22-8-6-9-23(16-22)34-4/h6,8-9,11-14,16,18-19H,7,10,15,17H2,1-5H3,(H,27,31). The maximum absolute atomic E-state index is 13.3. The number of methoxy groups -OCH3 is 1. The Bertz CT molecular complexity index is 1110. The molecule has 0 aliphatic heterocycles. The number of ether oxygens (including phenoxy) is 1. The molecule has 10 heteroatoms. The number of nitrogens with zero attached hydrogens (tertiary/aromatic N) is 2. The van der Waals surface area contributed by atoms with Crippen LogP contribution in [0, 0.1) is 5.82 Å². The van der Waals surface area contributed by atoms with Crippen molar-refractivity contribution in [3.05, 3.63) is 59.9 Å². The highest BCUT2D eigenvalue weighted by atomic mass is 32.2. The molecular weight excluding hydrogens is 473 g/mol. The lowest BCUT2D eigenvalue weighted by atomic mass is 10.1. The summed E-state index contributed by atoms with van der Waals surface area (Å²) in [5.74, 6) is -0.484. The molecule has 0 bridgehead atoms. The van der Waals surface area contributed by atoms with Gasteiger partial charge in [-0.05, 0) is 57.0 Å². The van der Waals surface area contributed by atoms with E-state index in [1.807, 2.05) is 13.8 Å². The van der Waals surface area contributed by atoms with E-state index in [0.717, 1.165) is 6.26 Å². The lowest BCUT2D eigenvalue weighted by molar-refractivity contribution is -0.140. The number of anilines is 1. The van der Waals surface area contributed by atoms with Crippen LogP contribution < -0.4 is 14.4 Å². The van der Waals surface area contributed by atoms with Gasteiger partial charge in [0, 0.05) is 31.6 Å². The molecule has 0 radical (unpaired) electrons. The van der Waals surface area contributed by atoms with E-state index >= 15 is 0 Å². The van der Waals surface area contributed by atoms with E-state index in [4.69, 9.17) is 4.74 Å². The zero-order valence-electron chi connectivity index (χ0n) is 20.8. The molecule has 0 heterocycles. The van der Waals surface area contributed by atoms with Crippen molar-refractivity contribution in [2.24, 2.45) is 0 Å². The molecular formula is C25H34FN3O5S. The molecule has 2 aromatic rings. The lowest BCUT2D eigenvalue weighted by Gasteiger charge is -2.30. The van der Waals surface area contributed by atoms with Gasteiger partial charge in [0.1, 0.15) is 17.6 Å². The number of halogens is 1. The van der Waals surface area contributed by atoms with E-state index in [1.165, 1.54) is 28.4 Å². The molecule has 1 unspecified atom stereocenters. The first-order valence-corrected chi connectivity index (χ1v) is 13.2. The van der Waals surface area contributed by atoms with Gasteiger partial charge >= 0.3 is 0 Å². The van der Waals surface area contributed by atoms with Crippen molar-refractivity contribution in [2.75, 3.05) is 24.2 Å². The number of amides is 2. The number of hydrogen-bond acceptors (Lipinski definition) is 5. The molecule has 192 valence electrons. The highest BCUT2D eigenvalue weighted by Crippen LogP contribution is 2.24. The lowest BCUT2D eigenvalue weighted by Crippen LogP contribution is -2.49. The van der Waals surface area contributed by atoms with E-state index < -0.39 is 21.9 Å². The van der Waals surface area contributed by atoms with E-state index in [1.54, 1.807) is 43.3 Å². The molecule has 2 rings (SSSR count). The monoisotopic (exact) mass is 507 g/mol. The van der Waals surface area contributed by atoms with Gasteiger partial charge in [-0.25, -0.2) is 12.8 Å². The molecule has 2 aromatic carbocycles.